The van der Waals surface area contributed by atoms with Crippen molar-refractivity contribution in [2.24, 2.45) is 17.8 Å². The van der Waals surface area contributed by atoms with E-state index < -0.39 is 97.5 Å². The van der Waals surface area contributed by atoms with Gasteiger partial charge < -0.3 is 33.8 Å². The number of rotatable bonds is 73. The van der Waals surface area contributed by atoms with Gasteiger partial charge in [-0.2, -0.15) is 0 Å². The summed E-state index contributed by atoms with van der Waals surface area (Å²) in [5.74, 6) is 0.0778. The number of aliphatic hydroxyl groups is 1. The Morgan fingerprint density at radius 1 is 0.309 bits per heavy atom. The number of aliphatic hydroxyl groups excluding tert-OH is 1. The van der Waals surface area contributed by atoms with Crippen molar-refractivity contribution in [2.45, 2.75) is 401 Å². The van der Waals surface area contributed by atoms with Crippen molar-refractivity contribution in [3.05, 3.63) is 0 Å². The predicted molar refractivity (Wildman–Crippen MR) is 381 cm³/mol. The highest BCUT2D eigenvalue weighted by molar-refractivity contribution is 7.47. The molecule has 0 aromatic rings. The molecule has 558 valence electrons. The van der Waals surface area contributed by atoms with Gasteiger partial charge in [0.15, 0.2) is 12.2 Å². The minimum absolute atomic E-state index is 0.102. The van der Waals surface area contributed by atoms with Crippen LogP contribution in [0.5, 0.6) is 0 Å². The molecule has 0 fully saturated rings. The number of carbonyl (C=O) groups is 4. The van der Waals surface area contributed by atoms with E-state index in [0.717, 1.165) is 108 Å². The molecule has 0 aliphatic heterocycles. The van der Waals surface area contributed by atoms with Gasteiger partial charge in [0.1, 0.15) is 19.3 Å². The molecule has 0 spiro atoms. The van der Waals surface area contributed by atoms with Gasteiger partial charge in [-0.05, 0) is 43.4 Å². The highest BCUT2D eigenvalue weighted by Gasteiger charge is 2.30. The van der Waals surface area contributed by atoms with Gasteiger partial charge in [0.05, 0.1) is 26.4 Å². The number of phosphoric acid groups is 2. The second-order valence-electron chi connectivity index (χ2n) is 28.0. The summed E-state index contributed by atoms with van der Waals surface area (Å²) in [4.78, 5) is 72.7. The van der Waals surface area contributed by atoms with Gasteiger partial charge >= 0.3 is 39.5 Å². The third-order valence-electron chi connectivity index (χ3n) is 18.1. The Morgan fingerprint density at radius 2 is 0.543 bits per heavy atom. The van der Waals surface area contributed by atoms with Crippen LogP contribution in [0.15, 0.2) is 0 Å². The van der Waals surface area contributed by atoms with Crippen LogP contribution in [0, 0.1) is 17.8 Å². The normalized spacial score (nSPS) is 14.7. The fourth-order valence-corrected chi connectivity index (χ4v) is 12.9. The Balaban J connectivity index is 5.17. The molecule has 0 rings (SSSR count). The van der Waals surface area contributed by atoms with Crippen molar-refractivity contribution in [3.8, 4) is 0 Å². The second kappa shape index (κ2) is 65.7. The molecule has 0 aromatic heterocycles. The first kappa shape index (κ1) is 92.1. The van der Waals surface area contributed by atoms with E-state index in [2.05, 4.69) is 48.5 Å². The SMILES string of the molecule is CCCCCCCCCCCCCCCCCCCCCCCCC(=O)O[C@H](COC(=O)CCCCCCCCCCC(C)CC)COP(=O)(O)OC[C@@H](O)COP(=O)(O)OC[C@@H](COC(=O)CCCCCCCCC(C)CC)OC(=O)CCCCCCCCCC(C)C. The van der Waals surface area contributed by atoms with Gasteiger partial charge in [-0.15, -0.1) is 0 Å². The molecule has 7 atom stereocenters. The summed E-state index contributed by atoms with van der Waals surface area (Å²) in [6.45, 7) is 11.8. The van der Waals surface area contributed by atoms with E-state index in [1.165, 1.54) is 186 Å². The monoisotopic (exact) mass is 1380 g/mol. The van der Waals surface area contributed by atoms with Crippen molar-refractivity contribution in [1.29, 1.82) is 0 Å². The van der Waals surface area contributed by atoms with Gasteiger partial charge in [-0.1, -0.05) is 331 Å². The number of hydrogen-bond acceptors (Lipinski definition) is 15. The Labute approximate surface area is 575 Å². The number of ether oxygens (including phenoxy) is 4. The molecule has 17 nitrogen and oxygen atoms in total. The minimum Gasteiger partial charge on any atom is -0.462 e. The lowest BCUT2D eigenvalue weighted by Gasteiger charge is -2.21. The van der Waals surface area contributed by atoms with Crippen molar-refractivity contribution < 1.29 is 80.2 Å². The van der Waals surface area contributed by atoms with Gasteiger partial charge in [-0.3, -0.25) is 37.3 Å². The summed E-state index contributed by atoms with van der Waals surface area (Å²) < 4.78 is 68.4. The standard InChI is InChI=1S/C75H146O17P2/c1-8-11-12-13-14-15-16-17-18-19-20-21-22-23-24-25-26-27-28-35-44-51-58-74(79)91-70(62-85-72(77)56-49-42-34-30-29-33-40-47-54-67(6)9-2)64-89-93(81,82)87-60-69(76)61-88-94(83,84)90-65-71(92-75(80)59-52-45-36-31-32-39-46-53-66(4)5)63-86-73(78)57-50-43-38-37-41-48-55-68(7)10-3/h66-71,76H,8-65H2,1-7H3,(H,81,82)(H,83,84)/t67?,68?,69-,70-,71-/m1/s1. The zero-order valence-corrected chi connectivity index (χ0v) is 63.2. The molecule has 0 bridgehead atoms. The third kappa shape index (κ3) is 66.0. The lowest BCUT2D eigenvalue weighted by molar-refractivity contribution is -0.161. The van der Waals surface area contributed by atoms with E-state index >= 15 is 0 Å². The summed E-state index contributed by atoms with van der Waals surface area (Å²) in [7, 11) is -9.91. The molecule has 0 aliphatic rings. The fourth-order valence-electron chi connectivity index (χ4n) is 11.4. The van der Waals surface area contributed by atoms with Gasteiger partial charge in [-0.25, -0.2) is 9.13 Å². The quantitative estimate of drug-likeness (QED) is 0.0222. The van der Waals surface area contributed by atoms with E-state index in [4.69, 9.17) is 37.0 Å². The molecule has 94 heavy (non-hydrogen) atoms. The Bertz CT molecular complexity index is 1840. The summed E-state index contributed by atoms with van der Waals surface area (Å²) in [6, 6.07) is 0. The molecule has 19 heteroatoms. The van der Waals surface area contributed by atoms with E-state index in [0.29, 0.717) is 31.6 Å². The van der Waals surface area contributed by atoms with Crippen LogP contribution in [0.1, 0.15) is 382 Å². The molecule has 3 N–H and O–H groups in total. The average molecular weight is 1380 g/mol. The Hall–Kier alpha value is -1.94. The van der Waals surface area contributed by atoms with E-state index in [-0.39, 0.29) is 25.7 Å². The molecular weight excluding hydrogens is 1230 g/mol. The summed E-state index contributed by atoms with van der Waals surface area (Å²) in [5.41, 5.74) is 0. The van der Waals surface area contributed by atoms with Gasteiger partial charge in [0.25, 0.3) is 0 Å². The van der Waals surface area contributed by atoms with Gasteiger partial charge in [0.2, 0.25) is 0 Å². The van der Waals surface area contributed by atoms with Crippen molar-refractivity contribution in [2.75, 3.05) is 39.6 Å². The molecule has 0 radical (unpaired) electrons. The first-order chi connectivity index (χ1) is 45.3. The first-order valence-electron chi connectivity index (χ1n) is 38.9. The first-order valence-corrected chi connectivity index (χ1v) is 41.9. The highest BCUT2D eigenvalue weighted by atomic mass is 31.2. The number of unbranched alkanes of at least 4 members (excludes halogenated alkanes) is 39. The van der Waals surface area contributed by atoms with Crippen LogP contribution in [0.25, 0.3) is 0 Å². The van der Waals surface area contributed by atoms with Crippen LogP contribution in [0.3, 0.4) is 0 Å². The Kier molecular flexibility index (Phi) is 64.3. The van der Waals surface area contributed by atoms with E-state index in [1.807, 2.05) is 0 Å². The van der Waals surface area contributed by atoms with Crippen LogP contribution < -0.4 is 0 Å². The molecule has 0 aromatic carbocycles. The van der Waals surface area contributed by atoms with Crippen molar-refractivity contribution in [1.82, 2.24) is 0 Å². The number of esters is 4. The average Bonchev–Trinajstić information content (AvgIpc) is 1.56. The summed E-state index contributed by atoms with van der Waals surface area (Å²) >= 11 is 0. The van der Waals surface area contributed by atoms with Crippen LogP contribution in [0.4, 0.5) is 0 Å². The van der Waals surface area contributed by atoms with Crippen LogP contribution in [0.2, 0.25) is 0 Å². The number of hydrogen-bond donors (Lipinski definition) is 3. The molecule has 0 amide bonds. The summed E-state index contributed by atoms with van der Waals surface area (Å²) in [5, 5.41) is 10.6. The topological polar surface area (TPSA) is 237 Å². The van der Waals surface area contributed by atoms with Crippen LogP contribution >= 0.6 is 15.6 Å². The molecule has 0 saturated heterocycles. The molecular formula is C75H146O17P2. The van der Waals surface area contributed by atoms with Crippen LogP contribution in [-0.4, -0.2) is 96.7 Å². The second-order valence-corrected chi connectivity index (χ2v) is 30.9. The Morgan fingerprint density at radius 3 is 0.809 bits per heavy atom. The zero-order chi connectivity index (χ0) is 69.4. The van der Waals surface area contributed by atoms with Gasteiger partial charge in [0, 0.05) is 25.7 Å². The number of carbonyl (C=O) groups excluding carboxylic acids is 4. The molecule has 0 saturated carbocycles. The lowest BCUT2D eigenvalue weighted by Crippen LogP contribution is -2.30. The zero-order valence-electron chi connectivity index (χ0n) is 61.4. The lowest BCUT2D eigenvalue weighted by atomic mass is 9.99. The van der Waals surface area contributed by atoms with Crippen molar-refractivity contribution in [3.63, 3.8) is 0 Å². The van der Waals surface area contributed by atoms with Crippen LogP contribution in [-0.2, 0) is 65.4 Å². The molecule has 4 unspecified atom stereocenters. The van der Waals surface area contributed by atoms with E-state index in [9.17, 15) is 43.2 Å². The summed E-state index contributed by atoms with van der Waals surface area (Å²) in [6.07, 6.45) is 51.7. The predicted octanol–water partition coefficient (Wildman–Crippen LogP) is 21.8. The fraction of sp³-hybridized carbons (Fsp3) is 0.947. The molecule has 0 aliphatic carbocycles. The maximum atomic E-state index is 13.1. The smallest absolute Gasteiger partial charge is 0.462 e. The third-order valence-corrected chi connectivity index (χ3v) is 20.0. The van der Waals surface area contributed by atoms with E-state index in [1.54, 1.807) is 0 Å². The maximum absolute atomic E-state index is 13.1. The maximum Gasteiger partial charge on any atom is 0.472 e. The molecule has 0 heterocycles. The highest BCUT2D eigenvalue weighted by Crippen LogP contribution is 2.45. The minimum atomic E-state index is -4.96. The largest absolute Gasteiger partial charge is 0.472 e. The number of phosphoric ester groups is 2. The van der Waals surface area contributed by atoms with Crippen molar-refractivity contribution >= 4 is 39.5 Å².